The van der Waals surface area contributed by atoms with Crippen molar-refractivity contribution in [3.8, 4) is 11.5 Å². The highest BCUT2D eigenvalue weighted by Crippen LogP contribution is 2.47. The van der Waals surface area contributed by atoms with Crippen LogP contribution in [0.4, 0.5) is 4.79 Å². The lowest BCUT2D eigenvalue weighted by atomic mass is 9.85. The van der Waals surface area contributed by atoms with E-state index in [1.807, 2.05) is 68.8 Å². The second kappa shape index (κ2) is 14.7. The number of rotatable bonds is 13. The quantitative estimate of drug-likeness (QED) is 0.271. The number of hydrogen-bond donors (Lipinski definition) is 3. The SMILES string of the molecule is CCC1C[C@]1(NC(=O)C1C[C@@H](Oc2cccc3cc(OC)ccc23)CN1C(=O)[C@@H](NC(=O)OC1CCCC1)C(C)(C)C)C(=O)NS(=O)(=O)OC1CC1. The molecule has 4 amide bonds. The molecule has 284 valence electrons. The van der Waals surface area contributed by atoms with Gasteiger partial charge in [0, 0.05) is 11.8 Å². The van der Waals surface area contributed by atoms with Crippen LogP contribution < -0.4 is 24.8 Å². The Kier molecular flexibility index (Phi) is 10.7. The van der Waals surface area contributed by atoms with Gasteiger partial charge in [-0.2, -0.15) is 8.42 Å². The monoisotopic (exact) mass is 742 g/mol. The van der Waals surface area contributed by atoms with E-state index in [9.17, 15) is 27.6 Å². The van der Waals surface area contributed by atoms with Gasteiger partial charge in [0.2, 0.25) is 11.8 Å². The normalized spacial score (nSPS) is 25.3. The zero-order chi connectivity index (χ0) is 37.4. The number of methoxy groups -OCH3 is 1. The van der Waals surface area contributed by atoms with E-state index in [0.29, 0.717) is 30.8 Å². The van der Waals surface area contributed by atoms with E-state index in [-0.39, 0.29) is 31.4 Å². The summed E-state index contributed by atoms with van der Waals surface area (Å²) in [5, 5.41) is 7.30. The molecule has 3 aliphatic carbocycles. The first kappa shape index (κ1) is 37.6. The molecule has 4 fully saturated rings. The smallest absolute Gasteiger partial charge is 0.408 e. The first-order chi connectivity index (χ1) is 24.6. The molecule has 5 atom stereocenters. The number of nitrogens with one attached hydrogen (secondary N) is 3. The molecule has 1 aliphatic heterocycles. The van der Waals surface area contributed by atoms with Gasteiger partial charge < -0.3 is 29.7 Å². The van der Waals surface area contributed by atoms with Crippen molar-refractivity contribution in [1.29, 1.82) is 0 Å². The van der Waals surface area contributed by atoms with Gasteiger partial charge >= 0.3 is 16.4 Å². The second-order valence-corrected chi connectivity index (χ2v) is 16.8. The summed E-state index contributed by atoms with van der Waals surface area (Å²) in [4.78, 5) is 56.8. The summed E-state index contributed by atoms with van der Waals surface area (Å²) >= 11 is 0. The number of amides is 4. The van der Waals surface area contributed by atoms with Crippen LogP contribution in [0.15, 0.2) is 36.4 Å². The van der Waals surface area contributed by atoms with Crippen molar-refractivity contribution in [2.45, 2.75) is 121 Å². The number of hydrogen-bond acceptors (Lipinski definition) is 10. The maximum atomic E-state index is 14.5. The molecule has 3 N–H and O–H groups in total. The lowest BCUT2D eigenvalue weighted by Gasteiger charge is -2.35. The van der Waals surface area contributed by atoms with Gasteiger partial charge in [0.25, 0.3) is 5.91 Å². The Morgan fingerprint density at radius 1 is 1.00 bits per heavy atom. The van der Waals surface area contributed by atoms with Crippen LogP contribution in [0.5, 0.6) is 11.5 Å². The molecule has 3 saturated carbocycles. The molecule has 0 aromatic heterocycles. The zero-order valence-corrected chi connectivity index (χ0v) is 31.3. The Morgan fingerprint density at radius 2 is 1.73 bits per heavy atom. The Morgan fingerprint density at radius 3 is 2.37 bits per heavy atom. The third kappa shape index (κ3) is 8.41. The summed E-state index contributed by atoms with van der Waals surface area (Å²) in [5.41, 5.74) is -2.28. The van der Waals surface area contributed by atoms with E-state index < -0.39 is 69.4 Å². The summed E-state index contributed by atoms with van der Waals surface area (Å²) in [5.74, 6) is -1.11. The average molecular weight is 743 g/mol. The van der Waals surface area contributed by atoms with Crippen LogP contribution in [-0.4, -0.2) is 86.7 Å². The van der Waals surface area contributed by atoms with Gasteiger partial charge in [0.05, 0.1) is 19.8 Å². The maximum absolute atomic E-state index is 14.5. The fraction of sp³-hybridized carbons (Fsp3) is 0.622. The van der Waals surface area contributed by atoms with Crippen LogP contribution in [0, 0.1) is 11.3 Å². The lowest BCUT2D eigenvalue weighted by Crippen LogP contribution is -2.60. The second-order valence-electron chi connectivity index (χ2n) is 15.5. The molecule has 0 spiro atoms. The van der Waals surface area contributed by atoms with Crippen LogP contribution in [0.25, 0.3) is 10.8 Å². The highest BCUT2D eigenvalue weighted by atomic mass is 32.2. The first-order valence-electron chi connectivity index (χ1n) is 18.2. The topological polar surface area (TPSA) is 179 Å². The molecule has 6 rings (SSSR count). The Bertz CT molecular complexity index is 1800. The molecule has 0 bridgehead atoms. The van der Waals surface area contributed by atoms with Crippen LogP contribution in [0.2, 0.25) is 0 Å². The number of fused-ring (bicyclic) bond motifs is 1. The van der Waals surface area contributed by atoms with E-state index in [1.54, 1.807) is 7.11 Å². The molecule has 52 heavy (non-hydrogen) atoms. The van der Waals surface area contributed by atoms with E-state index in [0.717, 1.165) is 36.5 Å². The van der Waals surface area contributed by atoms with E-state index in [2.05, 4.69) is 10.6 Å². The molecule has 2 aromatic rings. The number of nitrogens with zero attached hydrogens (tertiary/aromatic N) is 1. The minimum absolute atomic E-state index is 0.00933. The third-order valence-electron chi connectivity index (χ3n) is 10.5. The number of carbonyl (C=O) groups is 4. The van der Waals surface area contributed by atoms with Gasteiger partial charge in [-0.25, -0.2) is 9.52 Å². The molecule has 0 radical (unpaired) electrons. The fourth-order valence-corrected chi connectivity index (χ4v) is 8.33. The molecule has 1 heterocycles. The molecule has 15 heteroatoms. The fourth-order valence-electron chi connectivity index (χ4n) is 7.33. The van der Waals surface area contributed by atoms with Crippen molar-refractivity contribution >= 4 is 44.9 Å². The van der Waals surface area contributed by atoms with E-state index in [4.69, 9.17) is 18.4 Å². The van der Waals surface area contributed by atoms with Crippen LogP contribution in [0.3, 0.4) is 0 Å². The van der Waals surface area contributed by atoms with Crippen LogP contribution in [0.1, 0.15) is 85.5 Å². The highest BCUT2D eigenvalue weighted by Gasteiger charge is 2.62. The maximum Gasteiger partial charge on any atom is 0.408 e. The van der Waals surface area contributed by atoms with Crippen molar-refractivity contribution in [2.75, 3.05) is 13.7 Å². The minimum Gasteiger partial charge on any atom is -0.497 e. The summed E-state index contributed by atoms with van der Waals surface area (Å²) in [6.07, 6.45) is 3.40. The number of alkyl carbamates (subject to hydrolysis) is 1. The molecule has 14 nitrogen and oxygen atoms in total. The Balaban J connectivity index is 1.26. The zero-order valence-electron chi connectivity index (χ0n) is 30.4. The third-order valence-corrected chi connectivity index (χ3v) is 11.5. The summed E-state index contributed by atoms with van der Waals surface area (Å²) < 4.78 is 49.7. The standard InChI is InChI=1S/C37H50N4O10S/c1-6-23-20-37(23,34(44)40-52(46,47)51-25-14-15-25)39-32(42)29-19-27(49-30-13-9-10-22-18-26(48-5)16-17-28(22)30)21-41(29)33(43)31(36(2,3)4)38-35(45)50-24-11-7-8-12-24/h9-10,13,16-18,23-25,27,29,31H,6-8,11-12,14-15,19-21H2,1-5H3,(H,38,45)(H,39,42)(H,40,44)/t23?,27-,29?,31-,37-/m1/s1. The largest absolute Gasteiger partial charge is 0.497 e. The van der Waals surface area contributed by atoms with Crippen molar-refractivity contribution in [3.63, 3.8) is 0 Å². The molecule has 4 aliphatic rings. The van der Waals surface area contributed by atoms with E-state index in [1.165, 1.54) is 4.90 Å². The number of likely N-dealkylation sites (tertiary alicyclic amines) is 1. The molecule has 2 aromatic carbocycles. The molecular weight excluding hydrogens is 692 g/mol. The van der Waals surface area contributed by atoms with Crippen molar-refractivity contribution in [2.24, 2.45) is 11.3 Å². The lowest BCUT2D eigenvalue weighted by molar-refractivity contribution is -0.143. The number of carbonyl (C=O) groups excluding carboxylic acids is 4. The minimum atomic E-state index is -4.38. The molecule has 1 saturated heterocycles. The van der Waals surface area contributed by atoms with Crippen LogP contribution >= 0.6 is 0 Å². The van der Waals surface area contributed by atoms with Crippen molar-refractivity contribution < 1.29 is 46.0 Å². The average Bonchev–Trinajstić information content (AvgIpc) is 3.92. The van der Waals surface area contributed by atoms with Crippen molar-refractivity contribution in [1.82, 2.24) is 20.3 Å². The summed E-state index contributed by atoms with van der Waals surface area (Å²) in [6.45, 7) is 7.30. The summed E-state index contributed by atoms with van der Waals surface area (Å²) in [6, 6.07) is 8.99. The number of benzene rings is 2. The highest BCUT2D eigenvalue weighted by molar-refractivity contribution is 7.85. The number of ether oxygens (including phenoxy) is 3. The first-order valence-corrected chi connectivity index (χ1v) is 19.6. The van der Waals surface area contributed by atoms with E-state index >= 15 is 0 Å². The van der Waals surface area contributed by atoms with Gasteiger partial charge in [-0.15, -0.1) is 0 Å². The predicted molar refractivity (Wildman–Crippen MR) is 191 cm³/mol. The van der Waals surface area contributed by atoms with Gasteiger partial charge in [0.1, 0.15) is 41.3 Å². The van der Waals surface area contributed by atoms with Gasteiger partial charge in [-0.1, -0.05) is 46.2 Å². The van der Waals surface area contributed by atoms with Gasteiger partial charge in [-0.05, 0) is 85.9 Å². The Labute approximate surface area is 304 Å². The molecular formula is C37H50N4O10S. The molecule has 2 unspecified atom stereocenters. The van der Waals surface area contributed by atoms with Crippen molar-refractivity contribution in [3.05, 3.63) is 36.4 Å². The predicted octanol–water partition coefficient (Wildman–Crippen LogP) is 4.11. The Hall–Kier alpha value is -4.11. The summed E-state index contributed by atoms with van der Waals surface area (Å²) in [7, 11) is -2.79. The van der Waals surface area contributed by atoms with Crippen LogP contribution in [-0.2, 0) is 33.6 Å². The van der Waals surface area contributed by atoms with Gasteiger partial charge in [-0.3, -0.25) is 18.6 Å². The van der Waals surface area contributed by atoms with Gasteiger partial charge in [0.15, 0.2) is 0 Å².